The minimum absolute atomic E-state index is 0.192. The molecule has 0 aliphatic rings. The number of aryl methyl sites for hydroxylation is 1. The first-order chi connectivity index (χ1) is 12.4. The Morgan fingerprint density at radius 1 is 1.38 bits per heavy atom. The zero-order chi connectivity index (χ0) is 19.2. The molecule has 0 bridgehead atoms. The third-order valence-corrected chi connectivity index (χ3v) is 4.71. The molecule has 1 unspecified atom stereocenters. The van der Waals surface area contributed by atoms with Crippen molar-refractivity contribution in [3.05, 3.63) is 48.0 Å². The highest BCUT2D eigenvalue weighted by molar-refractivity contribution is 5.75. The van der Waals surface area contributed by atoms with Gasteiger partial charge in [-0.25, -0.2) is 9.78 Å². The predicted octanol–water partition coefficient (Wildman–Crippen LogP) is 2.37. The zero-order valence-electron chi connectivity index (χ0n) is 15.8. The SMILES string of the molecule is CCC(O)(CC)CNC(=O)NC(c1cccc(OC)c1)c1nccn1C. The number of rotatable bonds is 8. The fraction of sp³-hybridized carbons (Fsp3) is 0.474. The van der Waals surface area contributed by atoms with Crippen LogP contribution in [0.1, 0.15) is 44.1 Å². The molecule has 0 radical (unpaired) electrons. The maximum absolute atomic E-state index is 12.5. The van der Waals surface area contributed by atoms with E-state index >= 15 is 0 Å². The number of hydrogen-bond donors (Lipinski definition) is 3. The van der Waals surface area contributed by atoms with Gasteiger partial charge in [-0.3, -0.25) is 0 Å². The Morgan fingerprint density at radius 2 is 2.12 bits per heavy atom. The fourth-order valence-electron chi connectivity index (χ4n) is 2.70. The molecule has 0 fully saturated rings. The molecule has 3 N–H and O–H groups in total. The Bertz CT molecular complexity index is 725. The van der Waals surface area contributed by atoms with Crippen molar-refractivity contribution in [2.45, 2.75) is 38.3 Å². The van der Waals surface area contributed by atoms with E-state index < -0.39 is 11.6 Å². The molecule has 7 nitrogen and oxygen atoms in total. The summed E-state index contributed by atoms with van der Waals surface area (Å²) in [6.45, 7) is 3.99. The molecule has 26 heavy (non-hydrogen) atoms. The number of amides is 2. The minimum Gasteiger partial charge on any atom is -0.497 e. The molecule has 2 aromatic rings. The number of nitrogens with one attached hydrogen (secondary N) is 2. The number of aliphatic hydroxyl groups is 1. The van der Waals surface area contributed by atoms with Crippen molar-refractivity contribution in [3.8, 4) is 5.75 Å². The summed E-state index contributed by atoms with van der Waals surface area (Å²) in [5.41, 5.74) is -0.0403. The van der Waals surface area contributed by atoms with E-state index in [2.05, 4.69) is 15.6 Å². The Labute approximate surface area is 154 Å². The molecule has 1 aromatic heterocycles. The molecule has 0 aliphatic heterocycles. The van der Waals surface area contributed by atoms with Crippen molar-refractivity contribution in [2.24, 2.45) is 7.05 Å². The Kier molecular flexibility index (Phi) is 6.63. The molecule has 142 valence electrons. The third-order valence-electron chi connectivity index (χ3n) is 4.71. The van der Waals surface area contributed by atoms with Gasteiger partial charge in [-0.05, 0) is 30.5 Å². The van der Waals surface area contributed by atoms with Crippen LogP contribution < -0.4 is 15.4 Å². The van der Waals surface area contributed by atoms with Crippen LogP contribution in [0.15, 0.2) is 36.7 Å². The van der Waals surface area contributed by atoms with Gasteiger partial charge in [0.25, 0.3) is 0 Å². The summed E-state index contributed by atoms with van der Waals surface area (Å²) < 4.78 is 7.15. The summed E-state index contributed by atoms with van der Waals surface area (Å²) in [6.07, 6.45) is 4.66. The lowest BCUT2D eigenvalue weighted by Gasteiger charge is -2.26. The molecule has 0 spiro atoms. The van der Waals surface area contributed by atoms with Crippen molar-refractivity contribution in [1.29, 1.82) is 0 Å². The van der Waals surface area contributed by atoms with Gasteiger partial charge in [0.05, 0.1) is 12.7 Å². The van der Waals surface area contributed by atoms with Gasteiger partial charge >= 0.3 is 6.03 Å². The smallest absolute Gasteiger partial charge is 0.315 e. The van der Waals surface area contributed by atoms with Crippen LogP contribution >= 0.6 is 0 Å². The average molecular weight is 360 g/mol. The van der Waals surface area contributed by atoms with Crippen LogP contribution in [-0.4, -0.2) is 39.9 Å². The third kappa shape index (κ3) is 4.76. The highest BCUT2D eigenvalue weighted by Gasteiger charge is 2.25. The summed E-state index contributed by atoms with van der Waals surface area (Å²) >= 11 is 0. The first-order valence-electron chi connectivity index (χ1n) is 8.80. The van der Waals surface area contributed by atoms with Crippen LogP contribution in [0, 0.1) is 0 Å². The second-order valence-electron chi connectivity index (χ2n) is 6.36. The highest BCUT2D eigenvalue weighted by Crippen LogP contribution is 2.24. The Balaban J connectivity index is 2.20. The summed E-state index contributed by atoms with van der Waals surface area (Å²) in [6, 6.07) is 6.70. The van der Waals surface area contributed by atoms with Gasteiger partial charge in [0.15, 0.2) is 0 Å². The number of imidazole rings is 1. The topological polar surface area (TPSA) is 88.4 Å². The zero-order valence-corrected chi connectivity index (χ0v) is 15.8. The lowest BCUT2D eigenvalue weighted by Crippen LogP contribution is -2.47. The van der Waals surface area contributed by atoms with E-state index in [4.69, 9.17) is 4.74 Å². The summed E-state index contributed by atoms with van der Waals surface area (Å²) in [5.74, 6) is 1.41. The van der Waals surface area contributed by atoms with Gasteiger partial charge in [0.2, 0.25) is 0 Å². The van der Waals surface area contributed by atoms with Crippen molar-refractivity contribution >= 4 is 6.03 Å². The minimum atomic E-state index is -0.897. The largest absolute Gasteiger partial charge is 0.497 e. The number of ether oxygens (including phenoxy) is 1. The quantitative estimate of drug-likeness (QED) is 0.674. The number of aromatic nitrogens is 2. The van der Waals surface area contributed by atoms with Gasteiger partial charge < -0.3 is 25.0 Å². The number of benzene rings is 1. The van der Waals surface area contributed by atoms with Crippen molar-refractivity contribution < 1.29 is 14.6 Å². The normalized spacial score (nSPS) is 12.5. The number of carbonyl (C=O) groups excluding carboxylic acids is 1. The molecule has 0 saturated carbocycles. The lowest BCUT2D eigenvalue weighted by atomic mass is 9.98. The number of nitrogens with zero attached hydrogens (tertiary/aromatic N) is 2. The van der Waals surface area contributed by atoms with Crippen LogP contribution in [0.4, 0.5) is 4.79 Å². The second kappa shape index (κ2) is 8.71. The molecular weight excluding hydrogens is 332 g/mol. The second-order valence-corrected chi connectivity index (χ2v) is 6.36. The van der Waals surface area contributed by atoms with Gasteiger partial charge in [-0.1, -0.05) is 26.0 Å². The molecule has 7 heteroatoms. The van der Waals surface area contributed by atoms with Gasteiger partial charge in [-0.15, -0.1) is 0 Å². The van der Waals surface area contributed by atoms with Crippen LogP contribution in [0.3, 0.4) is 0 Å². The first kappa shape index (κ1) is 19.8. The molecule has 1 heterocycles. The number of methoxy groups -OCH3 is 1. The average Bonchev–Trinajstić information content (AvgIpc) is 3.09. The number of urea groups is 1. The van der Waals surface area contributed by atoms with Gasteiger partial charge in [0, 0.05) is 26.0 Å². The van der Waals surface area contributed by atoms with Crippen molar-refractivity contribution in [2.75, 3.05) is 13.7 Å². The maximum Gasteiger partial charge on any atom is 0.315 e. The molecular formula is C19H28N4O3. The van der Waals surface area contributed by atoms with Gasteiger partial charge in [-0.2, -0.15) is 0 Å². The van der Waals surface area contributed by atoms with E-state index in [0.29, 0.717) is 24.4 Å². The van der Waals surface area contributed by atoms with Crippen LogP contribution in [-0.2, 0) is 7.05 Å². The molecule has 1 atom stereocenters. The van der Waals surface area contributed by atoms with Crippen molar-refractivity contribution in [3.63, 3.8) is 0 Å². The first-order valence-corrected chi connectivity index (χ1v) is 8.80. The van der Waals surface area contributed by atoms with Crippen LogP contribution in [0.5, 0.6) is 5.75 Å². The van der Waals surface area contributed by atoms with E-state index in [-0.39, 0.29) is 12.6 Å². The molecule has 0 saturated heterocycles. The molecule has 2 rings (SSSR count). The maximum atomic E-state index is 12.5. The predicted molar refractivity (Wildman–Crippen MR) is 100 cm³/mol. The number of hydrogen-bond acceptors (Lipinski definition) is 4. The molecule has 2 amide bonds. The lowest BCUT2D eigenvalue weighted by molar-refractivity contribution is 0.0349. The van der Waals surface area contributed by atoms with E-state index in [1.165, 1.54) is 0 Å². The van der Waals surface area contributed by atoms with Crippen LogP contribution in [0.2, 0.25) is 0 Å². The Morgan fingerprint density at radius 3 is 2.69 bits per heavy atom. The molecule has 0 aliphatic carbocycles. The van der Waals surface area contributed by atoms with Crippen molar-refractivity contribution in [1.82, 2.24) is 20.2 Å². The highest BCUT2D eigenvalue weighted by atomic mass is 16.5. The van der Waals surface area contributed by atoms with E-state index in [9.17, 15) is 9.90 Å². The van der Waals surface area contributed by atoms with E-state index in [1.54, 1.807) is 13.3 Å². The van der Waals surface area contributed by atoms with Crippen LogP contribution in [0.25, 0.3) is 0 Å². The standard InChI is InChI=1S/C19H28N4O3/c1-5-19(25,6-2)13-21-18(24)22-16(17-20-10-11-23(17)3)14-8-7-9-15(12-14)26-4/h7-12,16,25H,5-6,13H2,1-4H3,(H2,21,22,24). The monoisotopic (exact) mass is 360 g/mol. The fourth-order valence-corrected chi connectivity index (χ4v) is 2.70. The summed E-state index contributed by atoms with van der Waals surface area (Å²) in [4.78, 5) is 16.8. The molecule has 1 aromatic carbocycles. The van der Waals surface area contributed by atoms with Gasteiger partial charge in [0.1, 0.15) is 17.6 Å². The summed E-state index contributed by atoms with van der Waals surface area (Å²) in [5, 5.41) is 16.1. The Hall–Kier alpha value is -2.54. The van der Waals surface area contributed by atoms with E-state index in [1.807, 2.05) is 55.9 Å². The number of carbonyl (C=O) groups is 1. The van der Waals surface area contributed by atoms with E-state index in [0.717, 1.165) is 5.56 Å². The summed E-state index contributed by atoms with van der Waals surface area (Å²) in [7, 11) is 3.48.